The first-order valence-electron chi connectivity index (χ1n) is 8.01. The molecule has 1 aromatic carbocycles. The van der Waals surface area contributed by atoms with Crippen LogP contribution in [0.2, 0.25) is 0 Å². The number of nitrogens with one attached hydrogen (secondary N) is 3. The Morgan fingerprint density at radius 1 is 1.25 bits per heavy atom. The summed E-state index contributed by atoms with van der Waals surface area (Å²) in [4.78, 5) is 20.7. The Bertz CT molecular complexity index is 521. The second-order valence-electron chi connectivity index (χ2n) is 6.05. The van der Waals surface area contributed by atoms with Crippen LogP contribution >= 0.6 is 0 Å². The van der Waals surface area contributed by atoms with Crippen molar-refractivity contribution in [2.45, 2.75) is 38.8 Å². The lowest BCUT2D eigenvalue weighted by Gasteiger charge is -2.32. The van der Waals surface area contributed by atoms with Gasteiger partial charge in [0.2, 0.25) is 0 Å². The van der Waals surface area contributed by atoms with Crippen molar-refractivity contribution in [1.82, 2.24) is 16.0 Å². The Morgan fingerprint density at radius 2 is 1.88 bits per heavy atom. The van der Waals surface area contributed by atoms with E-state index >= 15 is 0 Å². The van der Waals surface area contributed by atoms with Crippen molar-refractivity contribution in [3.05, 3.63) is 35.4 Å². The fourth-order valence-electron chi connectivity index (χ4n) is 2.30. The highest BCUT2D eigenvalue weighted by Gasteiger charge is 2.29. The van der Waals surface area contributed by atoms with E-state index in [2.05, 4.69) is 16.0 Å². The number of hydrogen-bond donors (Lipinski definition) is 5. The van der Waals surface area contributed by atoms with Crippen LogP contribution in [-0.2, 0) is 11.3 Å². The summed E-state index contributed by atoms with van der Waals surface area (Å²) in [7, 11) is 0. The van der Waals surface area contributed by atoms with Crippen LogP contribution in [0.25, 0.3) is 0 Å². The number of carboxylic acid groups (broad SMARTS) is 1. The van der Waals surface area contributed by atoms with E-state index in [0.717, 1.165) is 31.9 Å². The first kappa shape index (κ1) is 19.9. The summed E-state index contributed by atoms with van der Waals surface area (Å²) in [5, 5.41) is 26.3. The molecular weight excluding hydrogens is 310 g/mol. The predicted molar refractivity (Wildman–Crippen MR) is 91.8 cm³/mol. The number of aliphatic hydroxyl groups is 1. The largest absolute Gasteiger partial charge is 0.481 e. The van der Waals surface area contributed by atoms with Crippen LogP contribution in [0.5, 0.6) is 0 Å². The number of aliphatic carboxylic acids is 1. The lowest BCUT2D eigenvalue weighted by atomic mass is 9.94. The van der Waals surface area contributed by atoms with Gasteiger partial charge in [-0.3, -0.25) is 4.79 Å². The van der Waals surface area contributed by atoms with Gasteiger partial charge in [-0.1, -0.05) is 29.8 Å². The van der Waals surface area contributed by atoms with Gasteiger partial charge >= 0.3 is 6.03 Å². The van der Waals surface area contributed by atoms with Gasteiger partial charge in [0, 0.05) is 26.6 Å². The average Bonchev–Trinajstić information content (AvgIpc) is 2.53. The molecule has 1 fully saturated rings. The van der Waals surface area contributed by atoms with E-state index in [0.29, 0.717) is 13.1 Å². The first-order valence-corrected chi connectivity index (χ1v) is 8.01. The third-order valence-electron chi connectivity index (χ3n) is 3.60. The van der Waals surface area contributed by atoms with E-state index in [9.17, 15) is 9.90 Å². The fraction of sp³-hybridized carbons (Fsp3) is 0.529. The number of benzene rings is 1. The molecule has 24 heavy (non-hydrogen) atoms. The number of carbonyl (C=O) groups is 2. The minimum Gasteiger partial charge on any atom is -0.481 e. The molecule has 0 aromatic heterocycles. The average molecular weight is 337 g/mol. The zero-order valence-electron chi connectivity index (χ0n) is 14.3. The molecule has 2 amide bonds. The third-order valence-corrected chi connectivity index (χ3v) is 3.60. The van der Waals surface area contributed by atoms with Crippen molar-refractivity contribution in [3.8, 4) is 0 Å². The molecule has 1 aliphatic heterocycles. The molecule has 0 aliphatic carbocycles. The van der Waals surface area contributed by atoms with Gasteiger partial charge in [-0.2, -0.15) is 0 Å². The maximum Gasteiger partial charge on any atom is 0.315 e. The van der Waals surface area contributed by atoms with Crippen LogP contribution in [0, 0.1) is 6.92 Å². The van der Waals surface area contributed by atoms with E-state index in [1.807, 2.05) is 31.2 Å². The summed E-state index contributed by atoms with van der Waals surface area (Å²) in [6, 6.07) is 7.78. The van der Waals surface area contributed by atoms with Gasteiger partial charge in [-0.05, 0) is 31.9 Å². The molecule has 1 saturated heterocycles. The lowest BCUT2D eigenvalue weighted by Crippen LogP contribution is -2.54. The van der Waals surface area contributed by atoms with E-state index < -0.39 is 11.6 Å². The molecule has 1 heterocycles. The summed E-state index contributed by atoms with van der Waals surface area (Å²) >= 11 is 0. The number of aryl methyl sites for hydroxylation is 1. The Balaban J connectivity index is 0.000000648. The smallest absolute Gasteiger partial charge is 0.315 e. The van der Waals surface area contributed by atoms with Crippen molar-refractivity contribution >= 4 is 12.0 Å². The van der Waals surface area contributed by atoms with E-state index in [4.69, 9.17) is 9.90 Å². The third kappa shape index (κ3) is 8.50. The Labute approximate surface area is 142 Å². The SMILES string of the molecule is CC(=O)O.Cc1ccc(CNC(=O)NCC2(O)CCCNC2)cc1. The standard InChI is InChI=1S/C15H23N3O2.C2H4O2/c1-12-3-5-13(6-4-12)9-17-14(19)18-11-15(20)7-2-8-16-10-15;1-2(3)4/h3-6,16,20H,2,7-11H2,1H3,(H2,17,18,19);1H3,(H,3,4). The molecule has 1 aromatic rings. The quantitative estimate of drug-likeness (QED) is 0.563. The van der Waals surface area contributed by atoms with Gasteiger partial charge in [0.15, 0.2) is 0 Å². The van der Waals surface area contributed by atoms with Crippen LogP contribution in [0.4, 0.5) is 4.79 Å². The molecule has 0 spiro atoms. The van der Waals surface area contributed by atoms with Gasteiger partial charge in [0.1, 0.15) is 0 Å². The molecule has 1 atom stereocenters. The van der Waals surface area contributed by atoms with Gasteiger partial charge in [0.25, 0.3) is 5.97 Å². The normalized spacial score (nSPS) is 19.6. The maximum absolute atomic E-state index is 11.7. The number of β-amino-alcohol motifs (C(OH)–C–C–N with tert-alkyl or cyclic N) is 1. The number of amides is 2. The molecule has 0 bridgehead atoms. The topological polar surface area (TPSA) is 111 Å². The molecule has 2 rings (SSSR count). The predicted octanol–water partition coefficient (Wildman–Crippen LogP) is 1.000. The van der Waals surface area contributed by atoms with E-state index in [-0.39, 0.29) is 12.6 Å². The molecule has 1 aliphatic rings. The minimum atomic E-state index is -0.833. The van der Waals surface area contributed by atoms with Crippen molar-refractivity contribution in [1.29, 1.82) is 0 Å². The van der Waals surface area contributed by atoms with Crippen LogP contribution in [0.15, 0.2) is 24.3 Å². The van der Waals surface area contributed by atoms with E-state index in [1.165, 1.54) is 5.56 Å². The highest BCUT2D eigenvalue weighted by atomic mass is 16.4. The maximum atomic E-state index is 11.7. The molecule has 0 radical (unpaired) electrons. The fourth-order valence-corrected chi connectivity index (χ4v) is 2.30. The molecular formula is C17H27N3O4. The Hall–Kier alpha value is -2.12. The van der Waals surface area contributed by atoms with Gasteiger partial charge in [-0.15, -0.1) is 0 Å². The second kappa shape index (κ2) is 9.89. The molecule has 1 unspecified atom stereocenters. The summed E-state index contributed by atoms with van der Waals surface area (Å²) in [5.41, 5.74) is 1.44. The number of hydrogen-bond acceptors (Lipinski definition) is 4. The lowest BCUT2D eigenvalue weighted by molar-refractivity contribution is -0.134. The molecule has 7 nitrogen and oxygen atoms in total. The molecule has 0 saturated carbocycles. The number of carbonyl (C=O) groups excluding carboxylic acids is 1. The number of carboxylic acids is 1. The van der Waals surface area contributed by atoms with Crippen LogP contribution in [-0.4, -0.2) is 47.4 Å². The van der Waals surface area contributed by atoms with Crippen LogP contribution in [0.3, 0.4) is 0 Å². The van der Waals surface area contributed by atoms with Crippen molar-refractivity contribution < 1.29 is 19.8 Å². The summed E-state index contributed by atoms with van der Waals surface area (Å²) in [6.45, 7) is 5.35. The Morgan fingerprint density at radius 3 is 2.42 bits per heavy atom. The minimum absolute atomic E-state index is 0.246. The molecule has 134 valence electrons. The molecule has 7 heteroatoms. The Kier molecular flexibility index (Phi) is 8.21. The highest BCUT2D eigenvalue weighted by Crippen LogP contribution is 2.14. The monoisotopic (exact) mass is 337 g/mol. The summed E-state index contributed by atoms with van der Waals surface area (Å²) < 4.78 is 0. The summed E-state index contributed by atoms with van der Waals surface area (Å²) in [5.74, 6) is -0.833. The number of rotatable bonds is 4. The van der Waals surface area contributed by atoms with Gasteiger partial charge < -0.3 is 26.2 Å². The zero-order chi connectivity index (χ0) is 18.0. The number of urea groups is 1. The van der Waals surface area contributed by atoms with E-state index in [1.54, 1.807) is 0 Å². The van der Waals surface area contributed by atoms with Crippen molar-refractivity contribution in [2.24, 2.45) is 0 Å². The second-order valence-corrected chi connectivity index (χ2v) is 6.05. The first-order chi connectivity index (χ1) is 11.3. The number of piperidine rings is 1. The van der Waals surface area contributed by atoms with Crippen molar-refractivity contribution in [2.75, 3.05) is 19.6 Å². The van der Waals surface area contributed by atoms with Crippen LogP contribution in [0.1, 0.15) is 30.9 Å². The highest BCUT2D eigenvalue weighted by molar-refractivity contribution is 5.73. The van der Waals surface area contributed by atoms with Gasteiger partial charge in [0.05, 0.1) is 5.60 Å². The zero-order valence-corrected chi connectivity index (χ0v) is 14.3. The van der Waals surface area contributed by atoms with Gasteiger partial charge in [-0.25, -0.2) is 4.79 Å². The van der Waals surface area contributed by atoms with Crippen LogP contribution < -0.4 is 16.0 Å². The van der Waals surface area contributed by atoms with Crippen molar-refractivity contribution in [3.63, 3.8) is 0 Å². The summed E-state index contributed by atoms with van der Waals surface area (Å²) in [6.07, 6.45) is 1.65. The molecule has 5 N–H and O–H groups in total.